The van der Waals surface area contributed by atoms with Gasteiger partial charge in [-0.2, -0.15) is 0 Å². The van der Waals surface area contributed by atoms with Gasteiger partial charge in [-0.1, -0.05) is 38.3 Å². The highest BCUT2D eigenvalue weighted by molar-refractivity contribution is 6.30. The Kier molecular flexibility index (Phi) is 6.21. The van der Waals surface area contributed by atoms with Crippen LogP contribution in [0.2, 0.25) is 5.02 Å². The van der Waals surface area contributed by atoms with Crippen LogP contribution in [0.25, 0.3) is 0 Å². The van der Waals surface area contributed by atoms with Crippen molar-refractivity contribution in [3.8, 4) is 0 Å². The van der Waals surface area contributed by atoms with Crippen LogP contribution in [-0.4, -0.2) is 24.0 Å². The molecule has 1 aromatic carbocycles. The molecule has 1 N–H and O–H groups in total. The summed E-state index contributed by atoms with van der Waals surface area (Å²) in [7, 11) is 0. The predicted molar refractivity (Wildman–Crippen MR) is 90.4 cm³/mol. The maximum absolute atomic E-state index is 13.7. The first-order valence-electron chi connectivity index (χ1n) is 8.26. The van der Waals surface area contributed by atoms with E-state index in [4.69, 9.17) is 16.3 Å². The van der Waals surface area contributed by atoms with E-state index in [9.17, 15) is 14.0 Å². The molecule has 1 amide bonds. The molecule has 0 saturated heterocycles. The van der Waals surface area contributed by atoms with Gasteiger partial charge in [-0.05, 0) is 43.4 Å². The van der Waals surface area contributed by atoms with Crippen LogP contribution < -0.4 is 5.32 Å². The second kappa shape index (κ2) is 7.97. The van der Waals surface area contributed by atoms with Gasteiger partial charge in [-0.15, -0.1) is 0 Å². The number of hydrogen-bond donors (Lipinski definition) is 1. The van der Waals surface area contributed by atoms with Crippen molar-refractivity contribution >= 4 is 23.5 Å². The lowest BCUT2D eigenvalue weighted by Gasteiger charge is -2.35. The Morgan fingerprint density at radius 2 is 2.04 bits per heavy atom. The van der Waals surface area contributed by atoms with E-state index in [1.807, 2.05) is 0 Å². The van der Waals surface area contributed by atoms with Crippen LogP contribution in [0.4, 0.5) is 4.39 Å². The molecule has 2 rings (SSSR count). The van der Waals surface area contributed by atoms with Crippen molar-refractivity contribution in [1.82, 2.24) is 5.32 Å². The molecule has 132 valence electrons. The topological polar surface area (TPSA) is 55.4 Å². The molecule has 0 bridgehead atoms. The third kappa shape index (κ3) is 4.47. The number of amides is 1. The van der Waals surface area contributed by atoms with Gasteiger partial charge >= 0.3 is 5.97 Å². The molecule has 0 radical (unpaired) electrons. The summed E-state index contributed by atoms with van der Waals surface area (Å²) in [5.41, 5.74) is -0.276. The number of nitrogens with one attached hydrogen (secondary N) is 1. The molecule has 0 aliphatic heterocycles. The summed E-state index contributed by atoms with van der Waals surface area (Å²) in [5, 5.41) is 3.17. The monoisotopic (exact) mass is 355 g/mol. The Morgan fingerprint density at radius 3 is 2.75 bits per heavy atom. The lowest BCUT2D eigenvalue weighted by molar-refractivity contribution is -0.130. The van der Waals surface area contributed by atoms with Gasteiger partial charge < -0.3 is 10.1 Å². The first kappa shape index (κ1) is 18.7. The fourth-order valence-corrected chi connectivity index (χ4v) is 3.19. The van der Waals surface area contributed by atoms with E-state index in [2.05, 4.69) is 19.2 Å². The fourth-order valence-electron chi connectivity index (χ4n) is 3.02. The van der Waals surface area contributed by atoms with Gasteiger partial charge in [0.1, 0.15) is 5.82 Å². The SMILES string of the molecule is CC(OC(=O)c1cc(Cl)ccc1F)C(=O)NC1CCCC(C)C1C. The van der Waals surface area contributed by atoms with Crippen molar-refractivity contribution in [3.63, 3.8) is 0 Å². The van der Waals surface area contributed by atoms with Crippen LogP contribution in [0.3, 0.4) is 0 Å². The minimum Gasteiger partial charge on any atom is -0.449 e. The molecule has 6 heteroatoms. The molecule has 4 atom stereocenters. The minimum absolute atomic E-state index is 0.0744. The van der Waals surface area contributed by atoms with E-state index in [1.54, 1.807) is 0 Å². The second-order valence-corrected chi connectivity index (χ2v) is 6.99. The molecule has 0 aromatic heterocycles. The number of ether oxygens (including phenoxy) is 1. The van der Waals surface area contributed by atoms with E-state index < -0.39 is 17.9 Å². The molecular formula is C18H23ClFNO3. The number of carbonyl (C=O) groups is 2. The first-order chi connectivity index (χ1) is 11.3. The Morgan fingerprint density at radius 1 is 1.33 bits per heavy atom. The van der Waals surface area contributed by atoms with Crippen LogP contribution in [0.5, 0.6) is 0 Å². The number of benzene rings is 1. The Hall–Kier alpha value is -1.62. The molecule has 1 saturated carbocycles. The quantitative estimate of drug-likeness (QED) is 0.831. The molecule has 1 aliphatic carbocycles. The van der Waals surface area contributed by atoms with Crippen LogP contribution in [0, 0.1) is 17.7 Å². The summed E-state index contributed by atoms with van der Waals surface area (Å²) in [6.45, 7) is 5.77. The molecule has 24 heavy (non-hydrogen) atoms. The summed E-state index contributed by atoms with van der Waals surface area (Å²) in [6, 6.07) is 3.70. The van der Waals surface area contributed by atoms with E-state index in [0.717, 1.165) is 25.3 Å². The summed E-state index contributed by atoms with van der Waals surface area (Å²) in [6.07, 6.45) is 2.14. The van der Waals surface area contributed by atoms with Gasteiger partial charge in [0, 0.05) is 11.1 Å². The van der Waals surface area contributed by atoms with Crippen molar-refractivity contribution in [3.05, 3.63) is 34.6 Å². The van der Waals surface area contributed by atoms with Crippen molar-refractivity contribution in [2.45, 2.75) is 52.2 Å². The van der Waals surface area contributed by atoms with Crippen molar-refractivity contribution in [2.75, 3.05) is 0 Å². The number of halogens is 2. The number of esters is 1. The van der Waals surface area contributed by atoms with E-state index in [1.165, 1.54) is 19.1 Å². The maximum Gasteiger partial charge on any atom is 0.341 e. The zero-order valence-electron chi connectivity index (χ0n) is 14.1. The highest BCUT2D eigenvalue weighted by Gasteiger charge is 2.30. The number of hydrogen-bond acceptors (Lipinski definition) is 3. The Bertz CT molecular complexity index is 622. The molecular weight excluding hydrogens is 333 g/mol. The lowest BCUT2D eigenvalue weighted by Crippen LogP contribution is -2.47. The van der Waals surface area contributed by atoms with Gasteiger partial charge in [-0.3, -0.25) is 4.79 Å². The highest BCUT2D eigenvalue weighted by atomic mass is 35.5. The highest BCUT2D eigenvalue weighted by Crippen LogP contribution is 2.29. The average Bonchev–Trinajstić information content (AvgIpc) is 2.53. The molecule has 4 nitrogen and oxygen atoms in total. The zero-order chi connectivity index (χ0) is 17.9. The Balaban J connectivity index is 1.96. The second-order valence-electron chi connectivity index (χ2n) is 6.55. The van der Waals surface area contributed by atoms with Crippen LogP contribution in [0.1, 0.15) is 50.4 Å². The molecule has 1 fully saturated rings. The standard InChI is InChI=1S/C18H23ClFNO3/c1-10-5-4-6-16(11(10)2)21-17(22)12(3)24-18(23)14-9-13(19)7-8-15(14)20/h7-12,16H,4-6H2,1-3H3,(H,21,22). The largest absolute Gasteiger partial charge is 0.449 e. The normalized spacial score (nSPS) is 25.0. The van der Waals surface area contributed by atoms with Gasteiger partial charge in [0.15, 0.2) is 6.10 Å². The molecule has 1 aromatic rings. The average molecular weight is 356 g/mol. The summed E-state index contributed by atoms with van der Waals surface area (Å²) < 4.78 is 18.8. The Labute approximate surface area is 146 Å². The third-order valence-corrected chi connectivity index (χ3v) is 5.07. The van der Waals surface area contributed by atoms with Gasteiger partial charge in [0.25, 0.3) is 5.91 Å². The molecule has 1 aliphatic rings. The zero-order valence-corrected chi connectivity index (χ0v) is 14.9. The van der Waals surface area contributed by atoms with Gasteiger partial charge in [0.2, 0.25) is 0 Å². The molecule has 0 heterocycles. The van der Waals surface area contributed by atoms with Gasteiger partial charge in [-0.25, -0.2) is 9.18 Å². The van der Waals surface area contributed by atoms with Crippen LogP contribution in [0.15, 0.2) is 18.2 Å². The van der Waals surface area contributed by atoms with Crippen molar-refractivity contribution in [1.29, 1.82) is 0 Å². The minimum atomic E-state index is -1.000. The maximum atomic E-state index is 13.7. The molecule has 0 spiro atoms. The number of carbonyl (C=O) groups excluding carboxylic acids is 2. The summed E-state index contributed by atoms with van der Waals surface area (Å²) in [4.78, 5) is 24.3. The van der Waals surface area contributed by atoms with E-state index >= 15 is 0 Å². The van der Waals surface area contributed by atoms with E-state index in [-0.39, 0.29) is 22.5 Å². The van der Waals surface area contributed by atoms with E-state index in [0.29, 0.717) is 11.8 Å². The predicted octanol–water partition coefficient (Wildman–Crippen LogP) is 3.97. The van der Waals surface area contributed by atoms with Crippen LogP contribution in [-0.2, 0) is 9.53 Å². The van der Waals surface area contributed by atoms with Crippen molar-refractivity contribution in [2.24, 2.45) is 11.8 Å². The van der Waals surface area contributed by atoms with Crippen LogP contribution >= 0.6 is 11.6 Å². The smallest absolute Gasteiger partial charge is 0.341 e. The summed E-state index contributed by atoms with van der Waals surface area (Å²) >= 11 is 5.76. The first-order valence-corrected chi connectivity index (χ1v) is 8.63. The fraction of sp³-hybridized carbons (Fsp3) is 0.556. The van der Waals surface area contributed by atoms with Crippen molar-refractivity contribution < 1.29 is 18.7 Å². The molecule has 4 unspecified atom stereocenters. The third-order valence-electron chi connectivity index (χ3n) is 4.84. The van der Waals surface area contributed by atoms with Gasteiger partial charge in [0.05, 0.1) is 5.56 Å². The summed E-state index contributed by atoms with van der Waals surface area (Å²) in [5.74, 6) is -1.08. The lowest BCUT2D eigenvalue weighted by atomic mass is 9.78. The number of rotatable bonds is 4.